The lowest BCUT2D eigenvalue weighted by atomic mass is 9.82. The highest BCUT2D eigenvalue weighted by Gasteiger charge is 2.21. The Kier molecular flexibility index (Phi) is 5.76. The van der Waals surface area contributed by atoms with Crippen LogP contribution in [0, 0.1) is 0 Å². The summed E-state index contributed by atoms with van der Waals surface area (Å²) in [5.74, 6) is 0. The summed E-state index contributed by atoms with van der Waals surface area (Å²) in [5, 5.41) is 20.6. The third-order valence-corrected chi connectivity index (χ3v) is 11.0. The summed E-state index contributed by atoms with van der Waals surface area (Å²) in [4.78, 5) is 0. The average molecular weight is 631 g/mol. The van der Waals surface area contributed by atoms with E-state index in [-0.39, 0.29) is 0 Å². The van der Waals surface area contributed by atoms with Crippen molar-refractivity contribution in [3.63, 3.8) is 0 Å². The van der Waals surface area contributed by atoms with Gasteiger partial charge in [0.2, 0.25) is 0 Å². The molecule has 0 heteroatoms. The fourth-order valence-electron chi connectivity index (χ4n) is 8.88. The Balaban J connectivity index is 1.30. The van der Waals surface area contributed by atoms with Gasteiger partial charge in [0.25, 0.3) is 0 Å². The van der Waals surface area contributed by atoms with Gasteiger partial charge in [-0.15, -0.1) is 0 Å². The first-order valence-electron chi connectivity index (χ1n) is 17.4. The van der Waals surface area contributed by atoms with E-state index in [2.05, 4.69) is 182 Å². The highest BCUT2D eigenvalue weighted by Crippen LogP contribution is 2.49. The summed E-state index contributed by atoms with van der Waals surface area (Å²) in [6.45, 7) is 0. The van der Waals surface area contributed by atoms with E-state index in [0.29, 0.717) is 0 Å². The molecule has 0 radical (unpaired) electrons. The second-order valence-electron chi connectivity index (χ2n) is 13.6. The second kappa shape index (κ2) is 10.5. The zero-order chi connectivity index (χ0) is 32.8. The van der Waals surface area contributed by atoms with E-state index in [4.69, 9.17) is 0 Å². The molecule has 11 aromatic carbocycles. The van der Waals surface area contributed by atoms with Crippen molar-refractivity contribution in [1.29, 1.82) is 0 Å². The summed E-state index contributed by atoms with van der Waals surface area (Å²) in [5.41, 5.74) is 5.14. The lowest BCUT2D eigenvalue weighted by Gasteiger charge is -2.21. The minimum Gasteiger partial charge on any atom is -0.0616 e. The maximum absolute atomic E-state index is 2.44. The highest BCUT2D eigenvalue weighted by molar-refractivity contribution is 6.31. The molecule has 50 heavy (non-hydrogen) atoms. The Morgan fingerprint density at radius 3 is 0.860 bits per heavy atom. The standard InChI is InChI=1S/C50H30/c1-3-15-35-31(13-1)25-27-33-29-45(37-17-5-7-19-39(37)47(33)35)49-41-21-9-11-23-43(41)50(44-24-12-10-22-42(44)49)46-30-34-28-26-32-14-2-4-16-36(32)48(34)40-20-8-6-18-38(40)46/h1-30H. The summed E-state index contributed by atoms with van der Waals surface area (Å²) in [7, 11) is 0. The van der Waals surface area contributed by atoms with E-state index in [9.17, 15) is 0 Å². The smallest absolute Gasteiger partial charge is 0.00199 e. The molecule has 0 saturated heterocycles. The number of benzene rings is 11. The van der Waals surface area contributed by atoms with Gasteiger partial charge in [-0.1, -0.05) is 170 Å². The molecule has 0 heterocycles. The molecule has 0 saturated carbocycles. The Bertz CT molecular complexity index is 2930. The Morgan fingerprint density at radius 1 is 0.200 bits per heavy atom. The lowest BCUT2D eigenvalue weighted by Crippen LogP contribution is -1.93. The molecule has 0 spiro atoms. The molecule has 0 aromatic heterocycles. The first kappa shape index (κ1) is 27.5. The number of rotatable bonds is 2. The molecule has 11 rings (SSSR count). The maximum atomic E-state index is 2.44. The molecule has 0 fully saturated rings. The molecule has 0 aliphatic heterocycles. The van der Waals surface area contributed by atoms with Crippen LogP contribution in [0.5, 0.6) is 0 Å². The monoisotopic (exact) mass is 630 g/mol. The van der Waals surface area contributed by atoms with Gasteiger partial charge in [0.1, 0.15) is 0 Å². The van der Waals surface area contributed by atoms with Crippen LogP contribution in [-0.4, -0.2) is 0 Å². The van der Waals surface area contributed by atoms with Crippen LogP contribution < -0.4 is 0 Å². The summed E-state index contributed by atoms with van der Waals surface area (Å²) in [6, 6.07) is 67.6. The van der Waals surface area contributed by atoms with Gasteiger partial charge < -0.3 is 0 Å². The topological polar surface area (TPSA) is 0 Å². The minimum atomic E-state index is 1.27. The molecule has 0 atom stereocenters. The second-order valence-corrected chi connectivity index (χ2v) is 13.6. The van der Waals surface area contributed by atoms with Gasteiger partial charge in [0, 0.05) is 0 Å². The SMILES string of the molecule is c1ccc2c(c1)ccc1cc(-c3c4ccccc4c(-c4cc5ccc6ccccc6c5c5ccccc45)c4ccccc34)c3ccccc3c12. The number of hydrogen-bond donors (Lipinski definition) is 0. The van der Waals surface area contributed by atoms with Crippen LogP contribution >= 0.6 is 0 Å². The van der Waals surface area contributed by atoms with E-state index >= 15 is 0 Å². The van der Waals surface area contributed by atoms with E-state index in [1.165, 1.54) is 108 Å². The molecule has 0 bridgehead atoms. The summed E-state index contributed by atoms with van der Waals surface area (Å²) >= 11 is 0. The normalized spacial score (nSPS) is 12.0. The van der Waals surface area contributed by atoms with Gasteiger partial charge in [-0.3, -0.25) is 0 Å². The van der Waals surface area contributed by atoms with Crippen molar-refractivity contribution in [3.05, 3.63) is 182 Å². The average Bonchev–Trinajstić information content (AvgIpc) is 3.19. The summed E-state index contributed by atoms with van der Waals surface area (Å²) in [6.07, 6.45) is 0. The van der Waals surface area contributed by atoms with Crippen LogP contribution in [-0.2, 0) is 0 Å². The third kappa shape index (κ3) is 3.82. The van der Waals surface area contributed by atoms with Gasteiger partial charge in [-0.05, 0) is 121 Å². The summed E-state index contributed by atoms with van der Waals surface area (Å²) < 4.78 is 0. The van der Waals surface area contributed by atoms with Crippen LogP contribution in [0.1, 0.15) is 0 Å². The molecule has 0 amide bonds. The largest absolute Gasteiger partial charge is 0.0616 e. The van der Waals surface area contributed by atoms with E-state index in [0.717, 1.165) is 0 Å². The first-order valence-corrected chi connectivity index (χ1v) is 17.4. The zero-order valence-electron chi connectivity index (χ0n) is 27.3. The minimum absolute atomic E-state index is 1.27. The Labute approximate surface area is 289 Å². The van der Waals surface area contributed by atoms with Crippen LogP contribution in [0.3, 0.4) is 0 Å². The van der Waals surface area contributed by atoms with E-state index in [1.807, 2.05) is 0 Å². The number of fused-ring (bicyclic) bond motifs is 12. The Hall–Kier alpha value is -6.50. The molecule has 11 aromatic rings. The molecule has 0 unspecified atom stereocenters. The highest BCUT2D eigenvalue weighted by atomic mass is 14.2. The maximum Gasteiger partial charge on any atom is -0.00199 e. The molecular weight excluding hydrogens is 601 g/mol. The predicted octanol–water partition coefficient (Wildman–Crippen LogP) is 14.2. The number of hydrogen-bond acceptors (Lipinski definition) is 0. The molecule has 230 valence electrons. The van der Waals surface area contributed by atoms with Crippen molar-refractivity contribution >= 4 is 86.2 Å². The van der Waals surface area contributed by atoms with Crippen molar-refractivity contribution in [1.82, 2.24) is 0 Å². The quantitative estimate of drug-likeness (QED) is 0.132. The fraction of sp³-hybridized carbons (Fsp3) is 0. The van der Waals surface area contributed by atoms with E-state index < -0.39 is 0 Å². The van der Waals surface area contributed by atoms with Gasteiger partial charge in [0.15, 0.2) is 0 Å². The van der Waals surface area contributed by atoms with Crippen LogP contribution in [0.25, 0.3) is 108 Å². The zero-order valence-corrected chi connectivity index (χ0v) is 27.3. The van der Waals surface area contributed by atoms with Gasteiger partial charge >= 0.3 is 0 Å². The van der Waals surface area contributed by atoms with Crippen molar-refractivity contribution in [2.24, 2.45) is 0 Å². The van der Waals surface area contributed by atoms with Gasteiger partial charge in [-0.25, -0.2) is 0 Å². The predicted molar refractivity (Wildman–Crippen MR) is 217 cm³/mol. The molecule has 0 nitrogen and oxygen atoms in total. The molecular formula is C50H30. The molecule has 0 N–H and O–H groups in total. The van der Waals surface area contributed by atoms with Crippen LogP contribution in [0.4, 0.5) is 0 Å². The van der Waals surface area contributed by atoms with Crippen molar-refractivity contribution in [2.75, 3.05) is 0 Å². The molecule has 0 aliphatic carbocycles. The molecule has 0 aliphatic rings. The van der Waals surface area contributed by atoms with Gasteiger partial charge in [-0.2, -0.15) is 0 Å². The van der Waals surface area contributed by atoms with Gasteiger partial charge in [0.05, 0.1) is 0 Å². The fourth-order valence-corrected chi connectivity index (χ4v) is 8.88. The lowest BCUT2D eigenvalue weighted by molar-refractivity contribution is 1.71. The van der Waals surface area contributed by atoms with Crippen LogP contribution in [0.2, 0.25) is 0 Å². The van der Waals surface area contributed by atoms with Crippen LogP contribution in [0.15, 0.2) is 182 Å². The van der Waals surface area contributed by atoms with Crippen molar-refractivity contribution in [2.45, 2.75) is 0 Å². The van der Waals surface area contributed by atoms with Crippen molar-refractivity contribution < 1.29 is 0 Å². The van der Waals surface area contributed by atoms with Crippen molar-refractivity contribution in [3.8, 4) is 22.3 Å². The van der Waals surface area contributed by atoms with E-state index in [1.54, 1.807) is 0 Å². The third-order valence-electron chi connectivity index (χ3n) is 11.0. The Morgan fingerprint density at radius 2 is 0.480 bits per heavy atom. The first-order chi connectivity index (χ1) is 24.8.